The Balaban J connectivity index is 2.28. The lowest BCUT2D eigenvalue weighted by atomic mass is 10.7. The van der Waals surface area contributed by atoms with Crippen LogP contribution in [0.15, 0.2) is 6.33 Å². The Morgan fingerprint density at radius 1 is 1.67 bits per heavy atom. The summed E-state index contributed by atoms with van der Waals surface area (Å²) < 4.78 is 1.95. The van der Waals surface area contributed by atoms with Crippen LogP contribution in [-0.4, -0.2) is 14.8 Å². The lowest BCUT2D eigenvalue weighted by Gasteiger charge is -1.90. The largest absolute Gasteiger partial charge is 0.250 e. The normalized spacial score (nSPS) is 18.3. The lowest BCUT2D eigenvalue weighted by Crippen LogP contribution is -1.93. The fourth-order valence-electron chi connectivity index (χ4n) is 0.876. The number of nitrogens with zero attached hydrogens (tertiary/aromatic N) is 3. The Bertz CT molecular complexity index is 212. The third-order valence-electron chi connectivity index (χ3n) is 1.54. The maximum absolute atomic E-state index is 4.18. The van der Waals surface area contributed by atoms with Crippen molar-refractivity contribution < 1.29 is 0 Å². The minimum absolute atomic E-state index is 0.672. The van der Waals surface area contributed by atoms with E-state index in [4.69, 9.17) is 0 Å². The molecule has 0 bridgehead atoms. The molecule has 0 spiro atoms. The van der Waals surface area contributed by atoms with Gasteiger partial charge in [0.1, 0.15) is 12.2 Å². The van der Waals surface area contributed by atoms with Crippen LogP contribution >= 0.6 is 0 Å². The van der Waals surface area contributed by atoms with Crippen LogP contribution < -0.4 is 0 Å². The minimum atomic E-state index is 0.672. The fourth-order valence-corrected chi connectivity index (χ4v) is 0.876. The Morgan fingerprint density at radius 2 is 2.44 bits per heavy atom. The molecule has 48 valence electrons. The van der Waals surface area contributed by atoms with Crippen molar-refractivity contribution in [2.45, 2.75) is 25.8 Å². The van der Waals surface area contributed by atoms with E-state index in [0.717, 1.165) is 5.82 Å². The number of hydrogen-bond acceptors (Lipinski definition) is 2. The van der Waals surface area contributed by atoms with Gasteiger partial charge >= 0.3 is 0 Å². The first-order valence-corrected chi connectivity index (χ1v) is 3.24. The standard InChI is InChI=1S/C6H9N3/c1-5-7-4-9(8-5)6-2-3-6/h4,6H,2-3H2,1H3. The van der Waals surface area contributed by atoms with E-state index < -0.39 is 0 Å². The molecule has 0 amide bonds. The number of aromatic nitrogens is 3. The van der Waals surface area contributed by atoms with Gasteiger partial charge in [0, 0.05) is 0 Å². The molecule has 1 aromatic rings. The van der Waals surface area contributed by atoms with Gasteiger partial charge < -0.3 is 0 Å². The van der Waals surface area contributed by atoms with Crippen LogP contribution in [0.1, 0.15) is 24.7 Å². The SMILES string of the molecule is Cc1ncn(C2CC2)n1. The molecule has 0 saturated heterocycles. The van der Waals surface area contributed by atoms with Crippen molar-refractivity contribution in [3.63, 3.8) is 0 Å². The zero-order chi connectivity index (χ0) is 6.27. The maximum Gasteiger partial charge on any atom is 0.147 e. The maximum atomic E-state index is 4.18. The molecule has 1 aromatic heterocycles. The zero-order valence-electron chi connectivity index (χ0n) is 5.41. The predicted octanol–water partition coefficient (Wildman–Crippen LogP) is 0.921. The minimum Gasteiger partial charge on any atom is -0.250 e. The van der Waals surface area contributed by atoms with Crippen molar-refractivity contribution in [3.8, 4) is 0 Å². The number of aryl methyl sites for hydroxylation is 1. The Morgan fingerprint density at radius 3 is 2.89 bits per heavy atom. The first-order valence-electron chi connectivity index (χ1n) is 3.24. The monoisotopic (exact) mass is 123 g/mol. The average Bonchev–Trinajstić information content (AvgIpc) is 2.58. The van der Waals surface area contributed by atoms with Crippen molar-refractivity contribution in [3.05, 3.63) is 12.2 Å². The highest BCUT2D eigenvalue weighted by Gasteiger charge is 2.24. The molecule has 0 aliphatic heterocycles. The van der Waals surface area contributed by atoms with Crippen LogP contribution in [0.5, 0.6) is 0 Å². The summed E-state index contributed by atoms with van der Waals surface area (Å²) in [5.74, 6) is 0.877. The van der Waals surface area contributed by atoms with E-state index in [9.17, 15) is 0 Å². The molecule has 1 aliphatic rings. The van der Waals surface area contributed by atoms with Gasteiger partial charge in [0.25, 0.3) is 0 Å². The first kappa shape index (κ1) is 4.97. The van der Waals surface area contributed by atoms with Gasteiger partial charge in [0.05, 0.1) is 6.04 Å². The van der Waals surface area contributed by atoms with Gasteiger partial charge in [0.2, 0.25) is 0 Å². The second-order valence-electron chi connectivity index (χ2n) is 2.50. The van der Waals surface area contributed by atoms with Gasteiger partial charge in [-0.1, -0.05) is 0 Å². The fraction of sp³-hybridized carbons (Fsp3) is 0.667. The molecule has 0 unspecified atom stereocenters. The summed E-state index contributed by atoms with van der Waals surface area (Å²) in [5, 5.41) is 4.18. The van der Waals surface area contributed by atoms with E-state index in [1.165, 1.54) is 12.8 Å². The Kier molecular flexibility index (Phi) is 0.860. The summed E-state index contributed by atoms with van der Waals surface area (Å²) in [6, 6.07) is 0.672. The number of rotatable bonds is 1. The Labute approximate surface area is 53.7 Å². The molecular weight excluding hydrogens is 114 g/mol. The molecular formula is C6H9N3. The molecule has 3 heteroatoms. The second kappa shape index (κ2) is 1.56. The molecule has 9 heavy (non-hydrogen) atoms. The van der Waals surface area contributed by atoms with Crippen LogP contribution in [-0.2, 0) is 0 Å². The summed E-state index contributed by atoms with van der Waals surface area (Å²) in [7, 11) is 0. The van der Waals surface area contributed by atoms with Gasteiger partial charge in [-0.3, -0.25) is 0 Å². The highest BCUT2D eigenvalue weighted by Crippen LogP contribution is 2.33. The molecule has 2 rings (SSSR count). The highest BCUT2D eigenvalue weighted by molar-refractivity contribution is 4.84. The lowest BCUT2D eigenvalue weighted by molar-refractivity contribution is 0.634. The van der Waals surface area contributed by atoms with E-state index in [-0.39, 0.29) is 0 Å². The van der Waals surface area contributed by atoms with E-state index in [1.807, 2.05) is 17.9 Å². The van der Waals surface area contributed by atoms with E-state index >= 15 is 0 Å². The summed E-state index contributed by atoms with van der Waals surface area (Å²) in [5.41, 5.74) is 0. The van der Waals surface area contributed by atoms with Crippen LogP contribution in [0, 0.1) is 6.92 Å². The van der Waals surface area contributed by atoms with Crippen molar-refractivity contribution in [1.29, 1.82) is 0 Å². The molecule has 0 atom stereocenters. The Hall–Kier alpha value is -0.860. The van der Waals surface area contributed by atoms with Crippen molar-refractivity contribution in [2.24, 2.45) is 0 Å². The molecule has 1 fully saturated rings. The quantitative estimate of drug-likeness (QED) is 0.556. The van der Waals surface area contributed by atoms with Gasteiger partial charge in [-0.2, -0.15) is 5.10 Å². The average molecular weight is 123 g/mol. The summed E-state index contributed by atoms with van der Waals surface area (Å²) in [4.78, 5) is 4.03. The topological polar surface area (TPSA) is 30.7 Å². The van der Waals surface area contributed by atoms with Crippen molar-refractivity contribution >= 4 is 0 Å². The van der Waals surface area contributed by atoms with Gasteiger partial charge in [-0.15, -0.1) is 0 Å². The molecule has 1 heterocycles. The molecule has 1 saturated carbocycles. The van der Waals surface area contributed by atoms with Crippen LogP contribution in [0.25, 0.3) is 0 Å². The van der Waals surface area contributed by atoms with Gasteiger partial charge in [-0.25, -0.2) is 9.67 Å². The molecule has 1 aliphatic carbocycles. The predicted molar refractivity (Wildman–Crippen MR) is 33.0 cm³/mol. The highest BCUT2D eigenvalue weighted by atomic mass is 15.4. The van der Waals surface area contributed by atoms with Gasteiger partial charge in [-0.05, 0) is 19.8 Å². The third kappa shape index (κ3) is 0.823. The zero-order valence-corrected chi connectivity index (χ0v) is 5.41. The molecule has 0 aromatic carbocycles. The first-order chi connectivity index (χ1) is 4.36. The van der Waals surface area contributed by atoms with Crippen LogP contribution in [0.2, 0.25) is 0 Å². The summed E-state index contributed by atoms with van der Waals surface area (Å²) in [6.45, 7) is 1.92. The van der Waals surface area contributed by atoms with Crippen molar-refractivity contribution in [1.82, 2.24) is 14.8 Å². The van der Waals surface area contributed by atoms with Crippen LogP contribution in [0.3, 0.4) is 0 Å². The molecule has 0 radical (unpaired) electrons. The molecule has 3 nitrogen and oxygen atoms in total. The van der Waals surface area contributed by atoms with Gasteiger partial charge in [0.15, 0.2) is 0 Å². The van der Waals surface area contributed by atoms with Crippen molar-refractivity contribution in [2.75, 3.05) is 0 Å². The van der Waals surface area contributed by atoms with E-state index in [0.29, 0.717) is 6.04 Å². The number of hydrogen-bond donors (Lipinski definition) is 0. The van der Waals surface area contributed by atoms with E-state index in [1.54, 1.807) is 0 Å². The summed E-state index contributed by atoms with van der Waals surface area (Å²) >= 11 is 0. The summed E-state index contributed by atoms with van der Waals surface area (Å²) in [6.07, 6.45) is 4.37. The second-order valence-corrected chi connectivity index (χ2v) is 2.50. The van der Waals surface area contributed by atoms with Crippen LogP contribution in [0.4, 0.5) is 0 Å². The van der Waals surface area contributed by atoms with E-state index in [2.05, 4.69) is 10.1 Å². The third-order valence-corrected chi connectivity index (χ3v) is 1.54. The molecule has 0 N–H and O–H groups in total. The smallest absolute Gasteiger partial charge is 0.147 e.